The molecule has 2 aromatic rings. The number of methoxy groups -OCH3 is 2. The number of carbonyl (C=O) groups is 1. The first kappa shape index (κ1) is 17.4. The van der Waals surface area contributed by atoms with Crippen LogP contribution < -0.4 is 18.9 Å². The number of rotatable bonds is 5. The van der Waals surface area contributed by atoms with Gasteiger partial charge in [0.15, 0.2) is 11.5 Å². The fourth-order valence-corrected chi connectivity index (χ4v) is 2.92. The van der Waals surface area contributed by atoms with Crippen LogP contribution in [-0.2, 0) is 11.3 Å². The van der Waals surface area contributed by atoms with Gasteiger partial charge in [-0.1, -0.05) is 0 Å². The molecule has 0 amide bonds. The van der Waals surface area contributed by atoms with Crippen LogP contribution in [0.25, 0.3) is 0 Å². The Morgan fingerprint density at radius 2 is 1.76 bits per heavy atom. The number of ether oxygens (including phenoxy) is 5. The summed E-state index contributed by atoms with van der Waals surface area (Å²) >= 11 is 3.40. The minimum Gasteiger partial charge on any atom is -0.496 e. The minimum absolute atomic E-state index is 0.0556. The maximum Gasteiger partial charge on any atom is 0.338 e. The molecule has 0 atom stereocenters. The quantitative estimate of drug-likeness (QED) is 0.704. The van der Waals surface area contributed by atoms with E-state index in [0.717, 1.165) is 4.47 Å². The zero-order chi connectivity index (χ0) is 17.8. The second kappa shape index (κ2) is 7.65. The molecule has 0 spiro atoms. The molecule has 6 nitrogen and oxygen atoms in total. The minimum atomic E-state index is -0.457. The van der Waals surface area contributed by atoms with E-state index in [9.17, 15) is 4.79 Å². The average Bonchev–Trinajstić information content (AvgIpc) is 2.65. The first-order valence-electron chi connectivity index (χ1n) is 7.59. The molecule has 0 unspecified atom stereocenters. The van der Waals surface area contributed by atoms with Crippen LogP contribution in [0.4, 0.5) is 0 Å². The molecule has 132 valence electrons. The van der Waals surface area contributed by atoms with E-state index >= 15 is 0 Å². The fraction of sp³-hybridized carbons (Fsp3) is 0.278. The van der Waals surface area contributed by atoms with Gasteiger partial charge in [-0.15, -0.1) is 0 Å². The maximum absolute atomic E-state index is 12.3. The molecule has 1 aliphatic rings. The summed E-state index contributed by atoms with van der Waals surface area (Å²) < 4.78 is 27.7. The zero-order valence-corrected chi connectivity index (χ0v) is 15.4. The summed E-state index contributed by atoms with van der Waals surface area (Å²) in [5.41, 5.74) is 1.10. The number of hydrogen-bond donors (Lipinski definition) is 0. The van der Waals surface area contributed by atoms with E-state index in [1.165, 1.54) is 0 Å². The highest BCUT2D eigenvalue weighted by molar-refractivity contribution is 9.10. The molecule has 0 fully saturated rings. The highest BCUT2D eigenvalue weighted by Crippen LogP contribution is 2.34. The van der Waals surface area contributed by atoms with Gasteiger partial charge in [0.2, 0.25) is 0 Å². The summed E-state index contributed by atoms with van der Waals surface area (Å²) in [6, 6.07) is 8.51. The van der Waals surface area contributed by atoms with Gasteiger partial charge >= 0.3 is 5.97 Å². The molecule has 0 bridgehead atoms. The van der Waals surface area contributed by atoms with Gasteiger partial charge in [0.25, 0.3) is 0 Å². The SMILES string of the molecule is COc1cc(COC(=O)c2ccc3c(c2)OCCO3)c(OC)cc1Br. The Morgan fingerprint density at radius 3 is 2.48 bits per heavy atom. The van der Waals surface area contributed by atoms with Crippen LogP contribution in [0.15, 0.2) is 34.8 Å². The molecule has 1 heterocycles. The van der Waals surface area contributed by atoms with Crippen molar-refractivity contribution in [2.75, 3.05) is 27.4 Å². The van der Waals surface area contributed by atoms with Gasteiger partial charge in [-0.3, -0.25) is 0 Å². The van der Waals surface area contributed by atoms with Gasteiger partial charge in [0.05, 0.1) is 24.3 Å². The maximum atomic E-state index is 12.3. The molecule has 0 aliphatic carbocycles. The Labute approximate surface area is 153 Å². The second-order valence-corrected chi connectivity index (χ2v) is 6.09. The van der Waals surface area contributed by atoms with E-state index in [2.05, 4.69) is 15.9 Å². The van der Waals surface area contributed by atoms with E-state index in [1.54, 1.807) is 44.6 Å². The normalized spacial score (nSPS) is 12.4. The number of hydrogen-bond acceptors (Lipinski definition) is 6. The number of esters is 1. The first-order chi connectivity index (χ1) is 12.1. The first-order valence-corrected chi connectivity index (χ1v) is 8.39. The lowest BCUT2D eigenvalue weighted by atomic mass is 10.2. The molecule has 0 radical (unpaired) electrons. The molecule has 25 heavy (non-hydrogen) atoms. The third kappa shape index (κ3) is 3.82. The van der Waals surface area contributed by atoms with Gasteiger partial charge in [-0.05, 0) is 46.3 Å². The van der Waals surface area contributed by atoms with Crippen LogP contribution >= 0.6 is 15.9 Å². The summed E-state index contributed by atoms with van der Waals surface area (Å²) in [6.45, 7) is 1.02. The summed E-state index contributed by atoms with van der Waals surface area (Å²) in [5, 5.41) is 0. The average molecular weight is 409 g/mol. The fourth-order valence-electron chi connectivity index (χ4n) is 2.43. The van der Waals surface area contributed by atoms with Crippen molar-refractivity contribution in [2.45, 2.75) is 6.61 Å². The van der Waals surface area contributed by atoms with Gasteiger partial charge in [-0.2, -0.15) is 0 Å². The van der Waals surface area contributed by atoms with E-state index in [1.807, 2.05) is 0 Å². The van der Waals surface area contributed by atoms with Crippen LogP contribution in [-0.4, -0.2) is 33.4 Å². The third-order valence-corrected chi connectivity index (χ3v) is 4.31. The molecule has 7 heteroatoms. The lowest BCUT2D eigenvalue weighted by Gasteiger charge is -2.18. The van der Waals surface area contributed by atoms with Gasteiger partial charge < -0.3 is 23.7 Å². The molecule has 0 saturated carbocycles. The van der Waals surface area contributed by atoms with Crippen molar-refractivity contribution in [2.24, 2.45) is 0 Å². The van der Waals surface area contributed by atoms with Crippen molar-refractivity contribution in [1.82, 2.24) is 0 Å². The summed E-state index contributed by atoms with van der Waals surface area (Å²) in [5.74, 6) is 1.94. The largest absolute Gasteiger partial charge is 0.496 e. The van der Waals surface area contributed by atoms with E-state index < -0.39 is 5.97 Å². The predicted octanol–water partition coefficient (Wildman–Crippen LogP) is 3.59. The molecule has 2 aromatic carbocycles. The molecule has 0 aromatic heterocycles. The van der Waals surface area contributed by atoms with E-state index in [-0.39, 0.29) is 6.61 Å². The highest BCUT2D eigenvalue weighted by atomic mass is 79.9. The zero-order valence-electron chi connectivity index (χ0n) is 13.8. The van der Waals surface area contributed by atoms with Crippen LogP contribution in [0, 0.1) is 0 Å². The van der Waals surface area contributed by atoms with Gasteiger partial charge in [0, 0.05) is 5.56 Å². The standard InChI is InChI=1S/C18H17BrO6/c1-21-15-9-13(19)16(22-2)8-12(15)10-25-18(20)11-3-4-14-17(7-11)24-6-5-23-14/h3-4,7-9H,5-6,10H2,1-2H3. The molecular weight excluding hydrogens is 392 g/mol. The van der Waals surface area contributed by atoms with Crippen LogP contribution in [0.3, 0.4) is 0 Å². The summed E-state index contributed by atoms with van der Waals surface area (Å²) in [4.78, 5) is 12.3. The topological polar surface area (TPSA) is 63.2 Å². The van der Waals surface area contributed by atoms with Crippen molar-refractivity contribution >= 4 is 21.9 Å². The number of carbonyl (C=O) groups excluding carboxylic acids is 1. The molecular formula is C18H17BrO6. The lowest BCUT2D eigenvalue weighted by Crippen LogP contribution is -2.16. The van der Waals surface area contributed by atoms with Crippen molar-refractivity contribution in [1.29, 1.82) is 0 Å². The van der Waals surface area contributed by atoms with Gasteiger partial charge in [-0.25, -0.2) is 4.79 Å². The Kier molecular flexibility index (Phi) is 5.33. The molecule has 1 aliphatic heterocycles. The molecule has 0 saturated heterocycles. The Hall–Kier alpha value is -2.41. The summed E-state index contributed by atoms with van der Waals surface area (Å²) in [7, 11) is 3.12. The lowest BCUT2D eigenvalue weighted by molar-refractivity contribution is 0.0469. The number of benzene rings is 2. The van der Waals surface area contributed by atoms with Crippen LogP contribution in [0.1, 0.15) is 15.9 Å². The van der Waals surface area contributed by atoms with Crippen molar-refractivity contribution < 1.29 is 28.5 Å². The summed E-state index contributed by atoms with van der Waals surface area (Å²) in [6.07, 6.45) is 0. The van der Waals surface area contributed by atoms with Crippen molar-refractivity contribution in [3.8, 4) is 23.0 Å². The van der Waals surface area contributed by atoms with E-state index in [4.69, 9.17) is 23.7 Å². The van der Waals surface area contributed by atoms with E-state index in [0.29, 0.717) is 47.3 Å². The molecule has 3 rings (SSSR count). The Morgan fingerprint density at radius 1 is 1.04 bits per heavy atom. The van der Waals surface area contributed by atoms with Crippen molar-refractivity contribution in [3.05, 3.63) is 45.9 Å². The molecule has 0 N–H and O–H groups in total. The highest BCUT2D eigenvalue weighted by Gasteiger charge is 2.17. The monoisotopic (exact) mass is 408 g/mol. The van der Waals surface area contributed by atoms with Crippen LogP contribution in [0.5, 0.6) is 23.0 Å². The third-order valence-electron chi connectivity index (χ3n) is 3.69. The Bertz CT molecular complexity index is 789. The Balaban J connectivity index is 1.74. The van der Waals surface area contributed by atoms with Crippen molar-refractivity contribution in [3.63, 3.8) is 0 Å². The predicted molar refractivity (Wildman–Crippen MR) is 93.8 cm³/mol. The number of halogens is 1. The van der Waals surface area contributed by atoms with Crippen LogP contribution in [0.2, 0.25) is 0 Å². The number of fused-ring (bicyclic) bond motifs is 1. The van der Waals surface area contributed by atoms with Gasteiger partial charge in [0.1, 0.15) is 31.3 Å². The smallest absolute Gasteiger partial charge is 0.338 e. The second-order valence-electron chi connectivity index (χ2n) is 5.23.